The molecule has 0 aliphatic carbocycles. The highest BCUT2D eigenvalue weighted by molar-refractivity contribution is 6.74. The number of hydrogen-bond donors (Lipinski definition) is 0. The van der Waals surface area contributed by atoms with Crippen molar-refractivity contribution in [2.45, 2.75) is 111 Å². The summed E-state index contributed by atoms with van der Waals surface area (Å²) in [5.41, 5.74) is 5.12. The molecule has 0 saturated carbocycles. The average molecular weight is 339 g/mol. The molecule has 0 aromatic rings. The first-order valence-corrected chi connectivity index (χ1v) is 12.7. The van der Waals surface area contributed by atoms with Crippen molar-refractivity contribution in [2.75, 3.05) is 6.61 Å². The average Bonchev–Trinajstić information content (AvgIpc) is 2.45. The summed E-state index contributed by atoms with van der Waals surface area (Å²) < 4.78 is 6.23. The van der Waals surface area contributed by atoms with Crippen LogP contribution in [0.15, 0.2) is 17.4 Å². The Morgan fingerprint density at radius 1 is 0.957 bits per heavy atom. The van der Waals surface area contributed by atoms with Gasteiger partial charge in [0.25, 0.3) is 0 Å². The zero-order chi connectivity index (χ0) is 17.8. The van der Waals surface area contributed by atoms with E-state index >= 15 is 0 Å². The Bertz CT molecular complexity index is 345. The lowest BCUT2D eigenvalue weighted by molar-refractivity contribution is 0.294. The van der Waals surface area contributed by atoms with Crippen molar-refractivity contribution in [3.8, 4) is 0 Å². The Morgan fingerprint density at radius 3 is 1.91 bits per heavy atom. The van der Waals surface area contributed by atoms with Crippen LogP contribution in [0.4, 0.5) is 0 Å². The van der Waals surface area contributed by atoms with Crippen LogP contribution in [0.5, 0.6) is 0 Å². The van der Waals surface area contributed by atoms with Gasteiger partial charge in [-0.25, -0.2) is 0 Å². The Morgan fingerprint density at radius 2 is 1.48 bits per heavy atom. The van der Waals surface area contributed by atoms with Gasteiger partial charge in [0.15, 0.2) is 8.32 Å². The molecule has 0 unspecified atom stereocenters. The molecule has 0 spiro atoms. The lowest BCUT2D eigenvalue weighted by Gasteiger charge is -2.36. The normalized spacial score (nSPS) is 12.1. The van der Waals surface area contributed by atoms with Gasteiger partial charge in [0.1, 0.15) is 0 Å². The maximum atomic E-state index is 6.23. The second-order valence-electron chi connectivity index (χ2n) is 8.26. The summed E-state index contributed by atoms with van der Waals surface area (Å²) in [4.78, 5) is 0. The Hall–Kier alpha value is -0.303. The quantitative estimate of drug-likeness (QED) is 0.202. The van der Waals surface area contributed by atoms with Crippen LogP contribution in [-0.2, 0) is 4.43 Å². The molecule has 1 nitrogen and oxygen atoms in total. The molecule has 0 atom stereocenters. The molecular weight excluding hydrogens is 296 g/mol. The summed E-state index contributed by atoms with van der Waals surface area (Å²) in [5, 5.41) is 0.304. The molecule has 0 rings (SSSR count). The van der Waals surface area contributed by atoms with Crippen LogP contribution in [0.3, 0.4) is 0 Å². The van der Waals surface area contributed by atoms with Crippen LogP contribution < -0.4 is 0 Å². The molecule has 0 aliphatic heterocycles. The second-order valence-corrected chi connectivity index (χ2v) is 13.1. The third-order valence-corrected chi connectivity index (χ3v) is 9.54. The Balaban J connectivity index is 4.38. The van der Waals surface area contributed by atoms with Gasteiger partial charge in [0, 0.05) is 6.61 Å². The van der Waals surface area contributed by atoms with Crippen molar-refractivity contribution >= 4 is 8.32 Å². The van der Waals surface area contributed by atoms with E-state index in [0.29, 0.717) is 5.04 Å². The summed E-state index contributed by atoms with van der Waals surface area (Å²) in [7, 11) is -1.59. The minimum absolute atomic E-state index is 0.304. The fraction of sp³-hybridized carbons (Fsp3) is 0.857. The smallest absolute Gasteiger partial charge is 0.191 e. The molecule has 0 aromatic carbocycles. The van der Waals surface area contributed by atoms with Gasteiger partial charge < -0.3 is 4.43 Å². The molecule has 0 saturated heterocycles. The number of unbranched alkanes of at least 4 members (excludes halogenated alkanes) is 4. The molecule has 0 heterocycles. The lowest BCUT2D eigenvalue weighted by Crippen LogP contribution is -2.40. The van der Waals surface area contributed by atoms with Crippen molar-refractivity contribution in [2.24, 2.45) is 0 Å². The topological polar surface area (TPSA) is 9.23 Å². The first-order valence-electron chi connectivity index (χ1n) is 9.81. The Kier molecular flexibility index (Phi) is 12.0. The maximum absolute atomic E-state index is 6.23. The minimum atomic E-state index is -1.59. The predicted octanol–water partition coefficient (Wildman–Crippen LogP) is 7.64. The van der Waals surface area contributed by atoms with E-state index < -0.39 is 8.32 Å². The van der Waals surface area contributed by atoms with Crippen molar-refractivity contribution in [1.29, 1.82) is 0 Å². The molecule has 136 valence electrons. The fourth-order valence-corrected chi connectivity index (χ4v) is 3.31. The van der Waals surface area contributed by atoms with Crippen molar-refractivity contribution < 1.29 is 4.43 Å². The predicted molar refractivity (Wildman–Crippen MR) is 108 cm³/mol. The molecule has 0 amide bonds. The van der Waals surface area contributed by atoms with E-state index in [2.05, 4.69) is 59.5 Å². The maximum Gasteiger partial charge on any atom is 0.191 e. The summed E-state index contributed by atoms with van der Waals surface area (Å²) in [6.07, 6.45) is 13.6. The van der Waals surface area contributed by atoms with E-state index in [1.54, 1.807) is 0 Å². The van der Waals surface area contributed by atoms with Crippen LogP contribution in [0.2, 0.25) is 18.1 Å². The summed E-state index contributed by atoms with van der Waals surface area (Å²) in [5.74, 6) is 0. The monoisotopic (exact) mass is 338 g/mol. The standard InChI is InChI=1S/C21H42OSi/c1-8-10-12-16-20(17-13-11-9-2)18-14-15-19-22-23(6,7)21(3,4)5/h14H,8-13,15-17,19H2,1-7H3. The number of hydrogen-bond acceptors (Lipinski definition) is 1. The highest BCUT2D eigenvalue weighted by Crippen LogP contribution is 2.36. The second kappa shape index (κ2) is 12.1. The zero-order valence-electron chi connectivity index (χ0n) is 17.1. The van der Waals surface area contributed by atoms with Gasteiger partial charge in [-0.15, -0.1) is 5.73 Å². The van der Waals surface area contributed by atoms with Gasteiger partial charge >= 0.3 is 0 Å². The van der Waals surface area contributed by atoms with Crippen molar-refractivity contribution in [3.63, 3.8) is 0 Å². The molecule has 0 bridgehead atoms. The minimum Gasteiger partial charge on any atom is -0.416 e. The molecule has 0 N–H and O–H groups in total. The van der Waals surface area contributed by atoms with E-state index in [0.717, 1.165) is 13.0 Å². The third-order valence-electron chi connectivity index (χ3n) is 5.00. The zero-order valence-corrected chi connectivity index (χ0v) is 18.1. The molecule has 0 aliphatic rings. The highest BCUT2D eigenvalue weighted by Gasteiger charge is 2.36. The van der Waals surface area contributed by atoms with Crippen LogP contribution in [0.25, 0.3) is 0 Å². The summed E-state index contributed by atoms with van der Waals surface area (Å²) in [6.45, 7) is 16.9. The first-order chi connectivity index (χ1) is 10.7. The van der Waals surface area contributed by atoms with E-state index in [9.17, 15) is 0 Å². The number of rotatable bonds is 12. The highest BCUT2D eigenvalue weighted by atomic mass is 28.4. The first kappa shape index (κ1) is 22.7. The van der Waals surface area contributed by atoms with E-state index in [-0.39, 0.29) is 0 Å². The molecule has 0 radical (unpaired) electrons. The van der Waals surface area contributed by atoms with Gasteiger partial charge in [0.05, 0.1) is 0 Å². The van der Waals surface area contributed by atoms with Crippen LogP contribution in [-0.4, -0.2) is 14.9 Å². The van der Waals surface area contributed by atoms with E-state index in [1.807, 2.05) is 0 Å². The largest absolute Gasteiger partial charge is 0.416 e. The van der Waals surface area contributed by atoms with Crippen LogP contribution >= 0.6 is 0 Å². The van der Waals surface area contributed by atoms with Gasteiger partial charge in [-0.05, 0) is 61.9 Å². The van der Waals surface area contributed by atoms with Crippen molar-refractivity contribution in [1.82, 2.24) is 0 Å². The van der Waals surface area contributed by atoms with Gasteiger partial charge in [-0.3, -0.25) is 0 Å². The van der Waals surface area contributed by atoms with Gasteiger partial charge in [-0.2, -0.15) is 0 Å². The van der Waals surface area contributed by atoms with Crippen LogP contribution in [0.1, 0.15) is 92.4 Å². The third kappa shape index (κ3) is 11.0. The Labute approximate surface area is 147 Å². The molecule has 23 heavy (non-hydrogen) atoms. The van der Waals surface area contributed by atoms with Gasteiger partial charge in [-0.1, -0.05) is 60.3 Å². The summed E-state index contributed by atoms with van der Waals surface area (Å²) >= 11 is 0. The van der Waals surface area contributed by atoms with Gasteiger partial charge in [0.2, 0.25) is 0 Å². The van der Waals surface area contributed by atoms with Crippen LogP contribution in [0, 0.1) is 0 Å². The SMILES string of the molecule is CCCCCC(=C=CCCO[Si](C)(C)C(C)(C)C)CCCCC. The molecule has 0 fully saturated rings. The fourth-order valence-electron chi connectivity index (χ4n) is 2.25. The molecule has 2 heteroatoms. The lowest BCUT2D eigenvalue weighted by atomic mass is 10.0. The van der Waals surface area contributed by atoms with Crippen molar-refractivity contribution in [3.05, 3.63) is 17.4 Å². The summed E-state index contributed by atoms with van der Waals surface area (Å²) in [6, 6.07) is 0. The molecule has 0 aromatic heterocycles. The molecular formula is C21H42OSi. The van der Waals surface area contributed by atoms with E-state index in [1.165, 1.54) is 56.9 Å². The van der Waals surface area contributed by atoms with E-state index in [4.69, 9.17) is 4.43 Å².